The molecule has 0 fully saturated rings. The van der Waals surface area contributed by atoms with Gasteiger partial charge in [0.15, 0.2) is 0 Å². The molecule has 0 bridgehead atoms. The number of anilines is 1. The topological polar surface area (TPSA) is 86.1 Å². The molecule has 156 valence electrons. The summed E-state index contributed by atoms with van der Waals surface area (Å²) in [7, 11) is -0.190. The molecule has 0 amide bonds. The third-order valence-corrected chi connectivity index (χ3v) is 7.30. The summed E-state index contributed by atoms with van der Waals surface area (Å²) in [6, 6.07) is 17.2. The largest absolute Gasteiger partial charge is 0.496 e. The Labute approximate surface area is 183 Å². The summed E-state index contributed by atoms with van der Waals surface area (Å²) >= 11 is 0.990. The maximum atomic E-state index is 12.8. The maximum absolute atomic E-state index is 12.8. The second kappa shape index (κ2) is 7.36. The lowest BCUT2D eigenvalue weighted by Crippen LogP contribution is -2.12. The van der Waals surface area contributed by atoms with Gasteiger partial charge < -0.3 is 9.30 Å². The van der Waals surface area contributed by atoms with Crippen molar-refractivity contribution in [3.8, 4) is 16.9 Å². The Morgan fingerprint density at radius 1 is 1.00 bits per heavy atom. The maximum Gasteiger partial charge on any atom is 0.263 e. The first-order valence-electron chi connectivity index (χ1n) is 9.42. The normalized spacial score (nSPS) is 11.8. The molecular formula is C22H18N4O3S2. The Bertz CT molecular complexity index is 1520. The van der Waals surface area contributed by atoms with E-state index in [0.717, 1.165) is 50.1 Å². The zero-order valence-corrected chi connectivity index (χ0v) is 18.4. The Morgan fingerprint density at radius 3 is 2.55 bits per heavy atom. The van der Waals surface area contributed by atoms with Gasteiger partial charge >= 0.3 is 0 Å². The Kier molecular flexibility index (Phi) is 4.64. The molecule has 0 spiro atoms. The fourth-order valence-corrected chi connectivity index (χ4v) is 5.50. The molecule has 1 N–H and O–H groups in total. The van der Waals surface area contributed by atoms with E-state index in [2.05, 4.69) is 20.1 Å². The lowest BCUT2D eigenvalue weighted by atomic mass is 9.97. The molecule has 5 aromatic rings. The Hall–Kier alpha value is -3.43. The van der Waals surface area contributed by atoms with Gasteiger partial charge in [0.05, 0.1) is 12.0 Å². The number of methoxy groups -OCH3 is 1. The third-order valence-electron chi connectivity index (χ3n) is 5.25. The summed E-state index contributed by atoms with van der Waals surface area (Å²) in [4.78, 5) is 4.06. The molecule has 2 heterocycles. The van der Waals surface area contributed by atoms with E-state index in [9.17, 15) is 8.42 Å². The molecular weight excluding hydrogens is 432 g/mol. The van der Waals surface area contributed by atoms with Crippen molar-refractivity contribution in [3.63, 3.8) is 0 Å². The number of fused-ring (bicyclic) bond motifs is 2. The van der Waals surface area contributed by atoms with Gasteiger partial charge in [-0.15, -0.1) is 0 Å². The molecule has 9 heteroatoms. The SMILES string of the molecule is COc1ccc(-c2cn(C)c3cc(S(=O)(=O)Nc4ncns4)ccc23)c2ccccc12. The Balaban J connectivity index is 1.66. The average Bonchev–Trinajstić information content (AvgIpc) is 3.40. The van der Waals surface area contributed by atoms with Crippen LogP contribution in [0.2, 0.25) is 0 Å². The summed E-state index contributed by atoms with van der Waals surface area (Å²) in [6.45, 7) is 0. The molecule has 0 radical (unpaired) electrons. The van der Waals surface area contributed by atoms with Crippen LogP contribution >= 0.6 is 11.5 Å². The summed E-state index contributed by atoms with van der Waals surface area (Å²) < 4.78 is 39.3. The predicted octanol–water partition coefficient (Wildman–Crippen LogP) is 4.66. The molecule has 0 saturated heterocycles. The van der Waals surface area contributed by atoms with Crippen molar-refractivity contribution in [1.29, 1.82) is 0 Å². The van der Waals surface area contributed by atoms with Crippen molar-refractivity contribution in [2.45, 2.75) is 4.90 Å². The molecule has 2 aromatic heterocycles. The molecule has 3 aromatic carbocycles. The highest BCUT2D eigenvalue weighted by molar-refractivity contribution is 7.93. The van der Waals surface area contributed by atoms with E-state index in [1.165, 1.54) is 6.33 Å². The fourth-order valence-electron chi connectivity index (χ4n) is 3.82. The van der Waals surface area contributed by atoms with Crippen LogP contribution in [0, 0.1) is 0 Å². The smallest absolute Gasteiger partial charge is 0.263 e. The van der Waals surface area contributed by atoms with Crippen LogP contribution in [-0.4, -0.2) is 29.5 Å². The molecule has 0 aliphatic rings. The number of hydrogen-bond donors (Lipinski definition) is 1. The monoisotopic (exact) mass is 450 g/mol. The summed E-state index contributed by atoms with van der Waals surface area (Å²) in [5, 5.41) is 3.30. The van der Waals surface area contributed by atoms with Crippen molar-refractivity contribution in [2.75, 3.05) is 11.8 Å². The first kappa shape index (κ1) is 19.5. The van der Waals surface area contributed by atoms with Crippen LogP contribution in [0.1, 0.15) is 0 Å². The van der Waals surface area contributed by atoms with Crippen molar-refractivity contribution in [2.24, 2.45) is 7.05 Å². The van der Waals surface area contributed by atoms with Gasteiger partial charge in [0.1, 0.15) is 12.1 Å². The minimum absolute atomic E-state index is 0.169. The number of rotatable bonds is 5. The number of sulfonamides is 1. The van der Waals surface area contributed by atoms with E-state index in [1.54, 1.807) is 19.2 Å². The predicted molar refractivity (Wildman–Crippen MR) is 123 cm³/mol. The third kappa shape index (κ3) is 3.31. The minimum atomic E-state index is -3.76. The quantitative estimate of drug-likeness (QED) is 0.421. The molecule has 31 heavy (non-hydrogen) atoms. The van der Waals surface area contributed by atoms with Crippen molar-refractivity contribution >= 4 is 48.4 Å². The molecule has 0 aliphatic carbocycles. The number of benzene rings is 3. The second-order valence-electron chi connectivity index (χ2n) is 7.05. The van der Waals surface area contributed by atoms with Crippen LogP contribution < -0.4 is 9.46 Å². The number of ether oxygens (including phenoxy) is 1. The highest BCUT2D eigenvalue weighted by Crippen LogP contribution is 2.38. The number of hydrogen-bond acceptors (Lipinski definition) is 6. The van der Waals surface area contributed by atoms with E-state index >= 15 is 0 Å². The number of aryl methyl sites for hydroxylation is 1. The van der Waals surface area contributed by atoms with E-state index in [4.69, 9.17) is 4.74 Å². The van der Waals surface area contributed by atoms with Gasteiger partial charge in [-0.05, 0) is 35.2 Å². The van der Waals surface area contributed by atoms with Crippen LogP contribution in [0.4, 0.5) is 5.13 Å². The van der Waals surface area contributed by atoms with Gasteiger partial charge in [0.25, 0.3) is 10.0 Å². The highest BCUT2D eigenvalue weighted by atomic mass is 32.2. The van der Waals surface area contributed by atoms with Crippen molar-refractivity contribution in [1.82, 2.24) is 13.9 Å². The molecule has 0 atom stereocenters. The van der Waals surface area contributed by atoms with Crippen molar-refractivity contribution in [3.05, 3.63) is 67.1 Å². The van der Waals surface area contributed by atoms with Gasteiger partial charge in [-0.3, -0.25) is 4.72 Å². The van der Waals surface area contributed by atoms with Crippen LogP contribution in [-0.2, 0) is 17.1 Å². The van der Waals surface area contributed by atoms with Gasteiger partial charge in [-0.25, -0.2) is 13.4 Å². The first-order chi connectivity index (χ1) is 15.0. The van der Waals surface area contributed by atoms with Gasteiger partial charge in [-0.2, -0.15) is 4.37 Å². The summed E-state index contributed by atoms with van der Waals surface area (Å²) in [5.41, 5.74) is 2.90. The van der Waals surface area contributed by atoms with Gasteiger partial charge in [0.2, 0.25) is 5.13 Å². The first-order valence-corrected chi connectivity index (χ1v) is 11.7. The minimum Gasteiger partial charge on any atom is -0.496 e. The summed E-state index contributed by atoms with van der Waals surface area (Å²) in [6.07, 6.45) is 3.34. The van der Waals surface area contributed by atoms with E-state index in [-0.39, 0.29) is 10.0 Å². The van der Waals surface area contributed by atoms with Crippen molar-refractivity contribution < 1.29 is 13.2 Å². The molecule has 0 saturated carbocycles. The molecule has 0 aliphatic heterocycles. The molecule has 0 unspecified atom stereocenters. The number of nitrogens with zero attached hydrogens (tertiary/aromatic N) is 3. The summed E-state index contributed by atoms with van der Waals surface area (Å²) in [5.74, 6) is 0.815. The highest BCUT2D eigenvalue weighted by Gasteiger charge is 2.19. The Morgan fingerprint density at radius 2 is 1.81 bits per heavy atom. The van der Waals surface area contributed by atoms with E-state index < -0.39 is 10.0 Å². The van der Waals surface area contributed by atoms with Crippen LogP contribution in [0.5, 0.6) is 5.75 Å². The fraction of sp³-hybridized carbons (Fsp3) is 0.0909. The van der Waals surface area contributed by atoms with E-state index in [0.29, 0.717) is 0 Å². The second-order valence-corrected chi connectivity index (χ2v) is 9.51. The average molecular weight is 451 g/mol. The van der Waals surface area contributed by atoms with Crippen LogP contribution in [0.3, 0.4) is 0 Å². The zero-order valence-electron chi connectivity index (χ0n) is 16.7. The number of nitrogens with one attached hydrogen (secondary N) is 1. The van der Waals surface area contributed by atoms with E-state index in [1.807, 2.05) is 54.2 Å². The number of aromatic nitrogens is 3. The molecule has 7 nitrogen and oxygen atoms in total. The van der Waals surface area contributed by atoms with Gasteiger partial charge in [-0.1, -0.05) is 30.3 Å². The standard InChI is InChI=1S/C22H18N4O3S2/c1-26-12-19(16-9-10-21(29-2)18-6-4-3-5-15(16)18)17-8-7-14(11-20(17)26)31(27,28)25-22-23-13-24-30-22/h3-13H,1-2H3,(H,23,24,25). The van der Waals surface area contributed by atoms with Crippen LogP contribution in [0.25, 0.3) is 32.8 Å². The van der Waals surface area contributed by atoms with Crippen LogP contribution in [0.15, 0.2) is 72.0 Å². The zero-order chi connectivity index (χ0) is 21.6. The van der Waals surface area contributed by atoms with Gasteiger partial charge in [0, 0.05) is 46.6 Å². The lowest BCUT2D eigenvalue weighted by Gasteiger charge is -2.10. The lowest BCUT2D eigenvalue weighted by molar-refractivity contribution is 0.420. The molecule has 5 rings (SSSR count).